The summed E-state index contributed by atoms with van der Waals surface area (Å²) in [7, 11) is 0. The van der Waals surface area contributed by atoms with Gasteiger partial charge in [0.15, 0.2) is 0 Å². The van der Waals surface area contributed by atoms with E-state index in [-0.39, 0.29) is 18.6 Å². The van der Waals surface area contributed by atoms with Crippen LogP contribution >= 0.6 is 0 Å². The Labute approximate surface area is 93.2 Å². The standard InChI is InChI=1S/C10H18F3NO2/c1-8-2-3-14(6-9(8)15)4-5-16-7-10(11,12)13/h8-9,15H,2-7H2,1H3. The molecule has 1 heterocycles. The van der Waals surface area contributed by atoms with Crippen LogP contribution in [0.5, 0.6) is 0 Å². The predicted molar refractivity (Wildman–Crippen MR) is 53.1 cm³/mol. The Bertz CT molecular complexity index is 211. The average Bonchev–Trinajstić information content (AvgIpc) is 2.17. The van der Waals surface area contributed by atoms with Crippen LogP contribution in [0.3, 0.4) is 0 Å². The van der Waals surface area contributed by atoms with Gasteiger partial charge >= 0.3 is 6.18 Å². The summed E-state index contributed by atoms with van der Waals surface area (Å²) in [4.78, 5) is 1.93. The lowest BCUT2D eigenvalue weighted by atomic mass is 9.96. The minimum atomic E-state index is -4.25. The van der Waals surface area contributed by atoms with Gasteiger partial charge in [0.05, 0.1) is 12.7 Å². The zero-order valence-electron chi connectivity index (χ0n) is 9.33. The minimum absolute atomic E-state index is 0.0562. The van der Waals surface area contributed by atoms with Crippen LogP contribution in [0.15, 0.2) is 0 Å². The van der Waals surface area contributed by atoms with Gasteiger partial charge < -0.3 is 9.84 Å². The van der Waals surface area contributed by atoms with E-state index < -0.39 is 12.8 Å². The van der Waals surface area contributed by atoms with Gasteiger partial charge in [-0.05, 0) is 18.9 Å². The molecule has 0 radical (unpaired) electrons. The molecular weight excluding hydrogens is 223 g/mol. The SMILES string of the molecule is CC1CCN(CCOCC(F)(F)F)CC1O. The fourth-order valence-corrected chi connectivity index (χ4v) is 1.70. The van der Waals surface area contributed by atoms with E-state index in [0.717, 1.165) is 13.0 Å². The van der Waals surface area contributed by atoms with Crippen molar-refractivity contribution in [3.05, 3.63) is 0 Å². The highest BCUT2D eigenvalue weighted by atomic mass is 19.4. The summed E-state index contributed by atoms with van der Waals surface area (Å²) in [6, 6.07) is 0. The molecule has 96 valence electrons. The Morgan fingerprint density at radius 1 is 1.44 bits per heavy atom. The van der Waals surface area contributed by atoms with Crippen LogP contribution < -0.4 is 0 Å². The van der Waals surface area contributed by atoms with Crippen LogP contribution in [0.2, 0.25) is 0 Å². The van der Waals surface area contributed by atoms with Crippen molar-refractivity contribution in [1.82, 2.24) is 4.90 Å². The lowest BCUT2D eigenvalue weighted by Gasteiger charge is -2.34. The molecule has 0 aromatic carbocycles. The summed E-state index contributed by atoms with van der Waals surface area (Å²) in [5.41, 5.74) is 0. The molecule has 0 saturated carbocycles. The van der Waals surface area contributed by atoms with Crippen molar-refractivity contribution in [2.75, 3.05) is 32.8 Å². The van der Waals surface area contributed by atoms with Crippen molar-refractivity contribution in [3.63, 3.8) is 0 Å². The van der Waals surface area contributed by atoms with Crippen LogP contribution in [-0.2, 0) is 4.74 Å². The predicted octanol–water partition coefficient (Wildman–Crippen LogP) is 1.27. The topological polar surface area (TPSA) is 32.7 Å². The van der Waals surface area contributed by atoms with E-state index in [0.29, 0.717) is 13.1 Å². The van der Waals surface area contributed by atoms with Crippen molar-refractivity contribution < 1.29 is 23.0 Å². The van der Waals surface area contributed by atoms with Gasteiger partial charge in [0.1, 0.15) is 6.61 Å². The molecule has 0 aromatic heterocycles. The maximum absolute atomic E-state index is 11.8. The fourth-order valence-electron chi connectivity index (χ4n) is 1.70. The van der Waals surface area contributed by atoms with Crippen molar-refractivity contribution in [1.29, 1.82) is 0 Å². The molecule has 1 saturated heterocycles. The summed E-state index contributed by atoms with van der Waals surface area (Å²) in [5.74, 6) is 0.271. The summed E-state index contributed by atoms with van der Waals surface area (Å²) >= 11 is 0. The number of rotatable bonds is 4. The maximum atomic E-state index is 11.8. The number of β-amino-alcohol motifs (C(OH)–C–C–N with tert-alkyl or cyclic N) is 1. The Morgan fingerprint density at radius 3 is 2.69 bits per heavy atom. The number of piperidine rings is 1. The average molecular weight is 241 g/mol. The third-order valence-corrected chi connectivity index (χ3v) is 2.82. The highest BCUT2D eigenvalue weighted by molar-refractivity contribution is 4.76. The van der Waals surface area contributed by atoms with Crippen molar-refractivity contribution >= 4 is 0 Å². The van der Waals surface area contributed by atoms with Gasteiger partial charge in [-0.25, -0.2) is 0 Å². The molecule has 1 rings (SSSR count). The minimum Gasteiger partial charge on any atom is -0.392 e. The number of hydrogen-bond donors (Lipinski definition) is 1. The van der Waals surface area contributed by atoms with E-state index in [1.165, 1.54) is 0 Å². The second-order valence-electron chi connectivity index (χ2n) is 4.30. The van der Waals surface area contributed by atoms with Crippen LogP contribution in [0.1, 0.15) is 13.3 Å². The zero-order chi connectivity index (χ0) is 12.2. The zero-order valence-corrected chi connectivity index (χ0v) is 9.33. The Morgan fingerprint density at radius 2 is 2.12 bits per heavy atom. The first-order valence-corrected chi connectivity index (χ1v) is 5.43. The number of halogens is 3. The highest BCUT2D eigenvalue weighted by Gasteiger charge is 2.28. The number of aliphatic hydroxyl groups is 1. The van der Waals surface area contributed by atoms with Crippen molar-refractivity contribution in [2.45, 2.75) is 25.6 Å². The summed E-state index contributed by atoms with van der Waals surface area (Å²) in [6.45, 7) is 2.62. The number of ether oxygens (including phenoxy) is 1. The molecule has 3 nitrogen and oxygen atoms in total. The first kappa shape index (κ1) is 13.7. The molecule has 1 aliphatic heterocycles. The van der Waals surface area contributed by atoms with Crippen LogP contribution in [-0.4, -0.2) is 55.1 Å². The molecule has 2 unspecified atom stereocenters. The molecule has 0 aliphatic carbocycles. The lowest BCUT2D eigenvalue weighted by Crippen LogP contribution is -2.44. The largest absolute Gasteiger partial charge is 0.411 e. The summed E-state index contributed by atoms with van der Waals surface area (Å²) in [5, 5.41) is 9.57. The van der Waals surface area contributed by atoms with E-state index in [1.54, 1.807) is 0 Å². The van der Waals surface area contributed by atoms with Gasteiger partial charge in [-0.1, -0.05) is 6.92 Å². The third kappa shape index (κ3) is 5.14. The molecule has 16 heavy (non-hydrogen) atoms. The molecule has 1 N–H and O–H groups in total. The number of nitrogens with zero attached hydrogens (tertiary/aromatic N) is 1. The van der Waals surface area contributed by atoms with Gasteiger partial charge in [-0.15, -0.1) is 0 Å². The molecule has 0 bridgehead atoms. The number of likely N-dealkylation sites (tertiary alicyclic amines) is 1. The lowest BCUT2D eigenvalue weighted by molar-refractivity contribution is -0.175. The van der Waals surface area contributed by atoms with E-state index in [4.69, 9.17) is 0 Å². The fraction of sp³-hybridized carbons (Fsp3) is 1.00. The summed E-state index contributed by atoms with van der Waals surface area (Å²) in [6.07, 6.45) is -3.76. The second kappa shape index (κ2) is 5.84. The van der Waals surface area contributed by atoms with Crippen molar-refractivity contribution in [3.8, 4) is 0 Å². The monoisotopic (exact) mass is 241 g/mol. The first-order valence-electron chi connectivity index (χ1n) is 5.43. The first-order chi connectivity index (χ1) is 7.38. The Balaban J connectivity index is 2.10. The van der Waals surface area contributed by atoms with Gasteiger partial charge in [0.25, 0.3) is 0 Å². The second-order valence-corrected chi connectivity index (χ2v) is 4.30. The quantitative estimate of drug-likeness (QED) is 0.752. The highest BCUT2D eigenvalue weighted by Crippen LogP contribution is 2.17. The van der Waals surface area contributed by atoms with Crippen LogP contribution in [0.25, 0.3) is 0 Å². The van der Waals surface area contributed by atoms with Crippen molar-refractivity contribution in [2.24, 2.45) is 5.92 Å². The molecule has 2 atom stereocenters. The van der Waals surface area contributed by atoms with E-state index in [2.05, 4.69) is 4.74 Å². The van der Waals surface area contributed by atoms with Crippen LogP contribution in [0.4, 0.5) is 13.2 Å². The van der Waals surface area contributed by atoms with E-state index in [9.17, 15) is 18.3 Å². The van der Waals surface area contributed by atoms with Gasteiger partial charge in [0.2, 0.25) is 0 Å². The molecule has 0 aromatic rings. The van der Waals surface area contributed by atoms with E-state index in [1.807, 2.05) is 11.8 Å². The van der Waals surface area contributed by atoms with Gasteiger partial charge in [-0.3, -0.25) is 4.90 Å². The summed E-state index contributed by atoms with van der Waals surface area (Å²) < 4.78 is 39.8. The smallest absolute Gasteiger partial charge is 0.392 e. The maximum Gasteiger partial charge on any atom is 0.411 e. The third-order valence-electron chi connectivity index (χ3n) is 2.82. The van der Waals surface area contributed by atoms with Crippen LogP contribution in [0, 0.1) is 5.92 Å². The Hall–Kier alpha value is -0.330. The number of hydrogen-bond acceptors (Lipinski definition) is 3. The Kier molecular flexibility index (Phi) is 5.01. The molecule has 1 aliphatic rings. The van der Waals surface area contributed by atoms with Gasteiger partial charge in [-0.2, -0.15) is 13.2 Å². The van der Waals surface area contributed by atoms with Gasteiger partial charge in [0, 0.05) is 13.1 Å². The molecule has 0 spiro atoms. The molecule has 6 heteroatoms. The molecule has 1 fully saturated rings. The molecular formula is C10H18F3NO2. The normalized spacial score (nSPS) is 28.3. The number of aliphatic hydroxyl groups excluding tert-OH is 1. The molecule has 0 amide bonds. The van der Waals surface area contributed by atoms with E-state index >= 15 is 0 Å². The number of alkyl halides is 3.